The second kappa shape index (κ2) is 5.62. The third-order valence-electron chi connectivity index (χ3n) is 3.86. The molecule has 0 spiro atoms. The first kappa shape index (κ1) is 14.1. The number of carbonyl (C=O) groups excluding carboxylic acids is 1. The molecule has 0 saturated heterocycles. The average Bonchev–Trinajstić information content (AvgIpc) is 3.10. The number of nitrogens with zero attached hydrogens (tertiary/aromatic N) is 2. The normalized spacial score (nSPS) is 14.0. The highest BCUT2D eigenvalue weighted by atomic mass is 32.1. The van der Waals surface area contributed by atoms with Crippen molar-refractivity contribution in [3.05, 3.63) is 52.7 Å². The number of benzene rings is 1. The van der Waals surface area contributed by atoms with E-state index >= 15 is 0 Å². The maximum absolute atomic E-state index is 12.5. The number of aryl methyl sites for hydroxylation is 1. The molecule has 23 heavy (non-hydrogen) atoms. The Morgan fingerprint density at radius 3 is 2.87 bits per heavy atom. The van der Waals surface area contributed by atoms with Gasteiger partial charge in [-0.2, -0.15) is 0 Å². The van der Waals surface area contributed by atoms with Crippen molar-refractivity contribution >= 4 is 22.9 Å². The van der Waals surface area contributed by atoms with E-state index in [1.54, 1.807) is 0 Å². The fourth-order valence-electron chi connectivity index (χ4n) is 2.41. The molecule has 2 aromatic heterocycles. The number of anilines is 1. The van der Waals surface area contributed by atoms with E-state index in [4.69, 9.17) is 4.42 Å². The molecule has 1 aliphatic rings. The highest BCUT2D eigenvalue weighted by molar-refractivity contribution is 7.14. The van der Waals surface area contributed by atoms with Gasteiger partial charge in [0.2, 0.25) is 5.89 Å². The number of amides is 1. The van der Waals surface area contributed by atoms with Gasteiger partial charge in [-0.15, -0.1) is 21.5 Å². The summed E-state index contributed by atoms with van der Waals surface area (Å²) < 4.78 is 5.74. The standard InChI is InChI=1S/C17H15N3O2S/c1-10-4-2-3-5-12(10)15(21)18-13-8-9-23-14(13)17-20-19-16(22-17)11-6-7-11/h2-5,8-9,11H,6-7H2,1H3,(H,18,21). The molecule has 1 N–H and O–H groups in total. The monoisotopic (exact) mass is 325 g/mol. The van der Waals surface area contributed by atoms with E-state index in [0.717, 1.165) is 23.3 Å². The summed E-state index contributed by atoms with van der Waals surface area (Å²) >= 11 is 1.48. The summed E-state index contributed by atoms with van der Waals surface area (Å²) in [7, 11) is 0. The van der Waals surface area contributed by atoms with Crippen molar-refractivity contribution in [3.8, 4) is 10.8 Å². The number of hydrogen-bond donors (Lipinski definition) is 1. The molecule has 1 amide bonds. The van der Waals surface area contributed by atoms with Crippen LogP contribution in [0.15, 0.2) is 40.1 Å². The molecule has 6 heteroatoms. The zero-order chi connectivity index (χ0) is 15.8. The van der Waals surface area contributed by atoms with Gasteiger partial charge in [0.25, 0.3) is 11.8 Å². The number of thiophene rings is 1. The van der Waals surface area contributed by atoms with Gasteiger partial charge in [-0.1, -0.05) is 18.2 Å². The number of hydrogen-bond acceptors (Lipinski definition) is 5. The molecule has 1 aromatic carbocycles. The van der Waals surface area contributed by atoms with E-state index < -0.39 is 0 Å². The molecule has 5 nitrogen and oxygen atoms in total. The Bertz CT molecular complexity index is 864. The molecule has 1 fully saturated rings. The predicted molar refractivity (Wildman–Crippen MR) is 88.7 cm³/mol. The number of nitrogens with one attached hydrogen (secondary N) is 1. The lowest BCUT2D eigenvalue weighted by Gasteiger charge is -2.07. The molecule has 1 aliphatic carbocycles. The summed E-state index contributed by atoms with van der Waals surface area (Å²) in [5.74, 6) is 1.46. The Morgan fingerprint density at radius 1 is 1.26 bits per heavy atom. The van der Waals surface area contributed by atoms with Crippen molar-refractivity contribution in [2.75, 3.05) is 5.32 Å². The Labute approximate surface area is 137 Å². The third kappa shape index (κ3) is 2.77. The molecule has 0 atom stereocenters. The second-order valence-electron chi connectivity index (χ2n) is 5.65. The minimum Gasteiger partial charge on any atom is -0.420 e. The largest absolute Gasteiger partial charge is 0.420 e. The van der Waals surface area contributed by atoms with E-state index in [1.165, 1.54) is 11.3 Å². The van der Waals surface area contributed by atoms with Crippen molar-refractivity contribution in [1.29, 1.82) is 0 Å². The lowest BCUT2D eigenvalue weighted by molar-refractivity contribution is 0.102. The summed E-state index contributed by atoms with van der Waals surface area (Å²) in [4.78, 5) is 13.3. The summed E-state index contributed by atoms with van der Waals surface area (Å²) in [5, 5.41) is 13.1. The van der Waals surface area contributed by atoms with Gasteiger partial charge in [-0.25, -0.2) is 0 Å². The van der Waals surface area contributed by atoms with Gasteiger partial charge in [0, 0.05) is 11.5 Å². The zero-order valence-electron chi connectivity index (χ0n) is 12.6. The van der Waals surface area contributed by atoms with E-state index in [-0.39, 0.29) is 5.91 Å². The van der Waals surface area contributed by atoms with Crippen molar-refractivity contribution in [1.82, 2.24) is 10.2 Å². The molecule has 2 heterocycles. The van der Waals surface area contributed by atoms with Crippen molar-refractivity contribution < 1.29 is 9.21 Å². The summed E-state index contributed by atoms with van der Waals surface area (Å²) in [5.41, 5.74) is 2.30. The van der Waals surface area contributed by atoms with Crippen LogP contribution in [-0.4, -0.2) is 16.1 Å². The molecule has 0 aliphatic heterocycles. The Hall–Kier alpha value is -2.47. The molecule has 4 rings (SSSR count). The zero-order valence-corrected chi connectivity index (χ0v) is 13.4. The van der Waals surface area contributed by atoms with Crippen LogP contribution >= 0.6 is 11.3 Å². The van der Waals surface area contributed by atoms with Crippen molar-refractivity contribution in [3.63, 3.8) is 0 Å². The van der Waals surface area contributed by atoms with E-state index in [1.807, 2.05) is 42.6 Å². The number of aromatic nitrogens is 2. The van der Waals surface area contributed by atoms with Gasteiger partial charge >= 0.3 is 0 Å². The Balaban J connectivity index is 1.59. The van der Waals surface area contributed by atoms with Gasteiger partial charge in [0.15, 0.2) is 0 Å². The van der Waals surface area contributed by atoms with Crippen LogP contribution in [-0.2, 0) is 0 Å². The van der Waals surface area contributed by atoms with Crippen LogP contribution in [0.5, 0.6) is 0 Å². The van der Waals surface area contributed by atoms with Gasteiger partial charge in [0.1, 0.15) is 4.88 Å². The molecule has 3 aromatic rings. The van der Waals surface area contributed by atoms with Gasteiger partial charge in [-0.05, 0) is 42.8 Å². The Kier molecular flexibility index (Phi) is 3.46. The maximum atomic E-state index is 12.5. The van der Waals surface area contributed by atoms with Crippen molar-refractivity contribution in [2.45, 2.75) is 25.7 Å². The fourth-order valence-corrected chi connectivity index (χ4v) is 3.18. The smallest absolute Gasteiger partial charge is 0.259 e. The van der Waals surface area contributed by atoms with Gasteiger partial charge < -0.3 is 9.73 Å². The first-order valence-corrected chi connectivity index (χ1v) is 8.38. The first-order chi connectivity index (χ1) is 11.2. The molecule has 0 bridgehead atoms. The molecular formula is C17H15N3O2S. The van der Waals surface area contributed by atoms with Crippen LogP contribution in [0.25, 0.3) is 10.8 Å². The van der Waals surface area contributed by atoms with Crippen LogP contribution in [0.3, 0.4) is 0 Å². The van der Waals surface area contributed by atoms with E-state index in [2.05, 4.69) is 15.5 Å². The minimum absolute atomic E-state index is 0.135. The molecule has 116 valence electrons. The number of rotatable bonds is 4. The highest BCUT2D eigenvalue weighted by Crippen LogP contribution is 2.41. The Morgan fingerprint density at radius 2 is 2.09 bits per heavy atom. The van der Waals surface area contributed by atoms with E-state index in [0.29, 0.717) is 29.0 Å². The van der Waals surface area contributed by atoms with Crippen LogP contribution in [0.2, 0.25) is 0 Å². The van der Waals surface area contributed by atoms with Gasteiger partial charge in [0.05, 0.1) is 5.69 Å². The first-order valence-electron chi connectivity index (χ1n) is 7.50. The number of carbonyl (C=O) groups is 1. The molecule has 0 unspecified atom stereocenters. The lowest BCUT2D eigenvalue weighted by atomic mass is 10.1. The summed E-state index contributed by atoms with van der Waals surface area (Å²) in [6.07, 6.45) is 2.23. The van der Waals surface area contributed by atoms with Gasteiger partial charge in [-0.3, -0.25) is 4.79 Å². The topological polar surface area (TPSA) is 68.0 Å². The minimum atomic E-state index is -0.135. The maximum Gasteiger partial charge on any atom is 0.259 e. The van der Waals surface area contributed by atoms with E-state index in [9.17, 15) is 4.79 Å². The summed E-state index contributed by atoms with van der Waals surface area (Å²) in [6, 6.07) is 9.37. The molecule has 1 saturated carbocycles. The van der Waals surface area contributed by atoms with Crippen LogP contribution in [0.4, 0.5) is 5.69 Å². The van der Waals surface area contributed by atoms with Crippen LogP contribution in [0, 0.1) is 6.92 Å². The average molecular weight is 325 g/mol. The highest BCUT2D eigenvalue weighted by Gasteiger charge is 2.30. The third-order valence-corrected chi connectivity index (χ3v) is 4.77. The van der Waals surface area contributed by atoms with Crippen molar-refractivity contribution in [2.24, 2.45) is 0 Å². The fraction of sp³-hybridized carbons (Fsp3) is 0.235. The van der Waals surface area contributed by atoms with Crippen LogP contribution in [0.1, 0.15) is 40.6 Å². The SMILES string of the molecule is Cc1ccccc1C(=O)Nc1ccsc1-c1nnc(C2CC2)o1. The van der Waals surface area contributed by atoms with Crippen LogP contribution < -0.4 is 5.32 Å². The lowest BCUT2D eigenvalue weighted by Crippen LogP contribution is -2.13. The summed E-state index contributed by atoms with van der Waals surface area (Å²) in [6.45, 7) is 1.92. The molecular weight excluding hydrogens is 310 g/mol. The quantitative estimate of drug-likeness (QED) is 0.779. The molecule has 0 radical (unpaired) electrons. The predicted octanol–water partition coefficient (Wildman–Crippen LogP) is 4.24. The second-order valence-corrected chi connectivity index (χ2v) is 6.57.